The molecule has 0 fully saturated rings. The van der Waals surface area contributed by atoms with E-state index >= 15 is 0 Å². The predicted octanol–water partition coefficient (Wildman–Crippen LogP) is 4.54. The second-order valence-electron chi connectivity index (χ2n) is 5.74. The Morgan fingerprint density at radius 1 is 0.640 bits per heavy atom. The maximum Gasteiger partial charge on any atom is 0.144 e. The summed E-state index contributed by atoms with van der Waals surface area (Å²) in [5.41, 5.74) is 2.52. The van der Waals surface area contributed by atoms with Gasteiger partial charge in [-0.25, -0.2) is 0 Å². The number of aliphatic hydroxyl groups is 1. The van der Waals surface area contributed by atoms with Gasteiger partial charge in [0.15, 0.2) is 0 Å². The SMILES string of the molecule is OC/C=C\COC(c1ccccc1)(c1ccccc1)c1ccccc1. The zero-order chi connectivity index (χ0) is 17.4. The molecule has 3 aromatic rings. The van der Waals surface area contributed by atoms with Crippen molar-refractivity contribution in [2.24, 2.45) is 0 Å². The molecule has 0 unspecified atom stereocenters. The van der Waals surface area contributed by atoms with E-state index in [4.69, 9.17) is 9.84 Å². The molecule has 3 aromatic carbocycles. The molecular formula is C23H22O2. The highest BCUT2D eigenvalue weighted by Gasteiger charge is 2.37. The first-order valence-corrected chi connectivity index (χ1v) is 8.44. The fourth-order valence-electron chi connectivity index (χ4n) is 3.08. The van der Waals surface area contributed by atoms with Crippen molar-refractivity contribution >= 4 is 0 Å². The van der Waals surface area contributed by atoms with Crippen LogP contribution in [0.3, 0.4) is 0 Å². The first-order valence-electron chi connectivity index (χ1n) is 8.44. The molecule has 2 heteroatoms. The topological polar surface area (TPSA) is 29.5 Å². The van der Waals surface area contributed by atoms with E-state index in [0.717, 1.165) is 16.7 Å². The van der Waals surface area contributed by atoms with Crippen molar-refractivity contribution < 1.29 is 9.84 Å². The summed E-state index contributed by atoms with van der Waals surface area (Å²) < 4.78 is 6.49. The minimum absolute atomic E-state index is 0.0123. The van der Waals surface area contributed by atoms with Gasteiger partial charge >= 0.3 is 0 Å². The highest BCUT2D eigenvalue weighted by Crippen LogP contribution is 2.40. The minimum atomic E-state index is -0.705. The summed E-state index contributed by atoms with van der Waals surface area (Å²) in [6.45, 7) is 0.414. The van der Waals surface area contributed by atoms with Gasteiger partial charge in [-0.1, -0.05) is 103 Å². The van der Waals surface area contributed by atoms with Gasteiger partial charge < -0.3 is 9.84 Å². The van der Waals surface area contributed by atoms with Crippen molar-refractivity contribution in [3.05, 3.63) is 120 Å². The maximum atomic E-state index is 9.00. The summed E-state index contributed by atoms with van der Waals surface area (Å²) >= 11 is 0. The fraction of sp³-hybridized carbons (Fsp3) is 0.130. The van der Waals surface area contributed by atoms with E-state index in [2.05, 4.69) is 36.4 Å². The standard InChI is InChI=1S/C23H22O2/c24-18-10-11-19-25-23(20-12-4-1-5-13-20,21-14-6-2-7-15-21)22-16-8-3-9-17-22/h1-17,24H,18-19H2/b11-10-. The van der Waals surface area contributed by atoms with Gasteiger partial charge in [-0.05, 0) is 16.7 Å². The van der Waals surface area contributed by atoms with Crippen LogP contribution in [0.4, 0.5) is 0 Å². The van der Waals surface area contributed by atoms with Crippen LogP contribution < -0.4 is 0 Å². The van der Waals surface area contributed by atoms with Gasteiger partial charge in [0.05, 0.1) is 13.2 Å². The largest absolute Gasteiger partial charge is 0.392 e. The lowest BCUT2D eigenvalue weighted by Crippen LogP contribution is -2.33. The molecule has 0 aliphatic carbocycles. The highest BCUT2D eigenvalue weighted by atomic mass is 16.5. The van der Waals surface area contributed by atoms with Crippen LogP contribution in [0.1, 0.15) is 16.7 Å². The van der Waals surface area contributed by atoms with Gasteiger partial charge in [-0.3, -0.25) is 0 Å². The molecule has 0 radical (unpaired) electrons. The maximum absolute atomic E-state index is 9.00. The normalized spacial score (nSPS) is 11.7. The molecule has 0 amide bonds. The minimum Gasteiger partial charge on any atom is -0.392 e. The van der Waals surface area contributed by atoms with Gasteiger partial charge in [0.2, 0.25) is 0 Å². The molecular weight excluding hydrogens is 308 g/mol. The van der Waals surface area contributed by atoms with Crippen LogP contribution in [0.5, 0.6) is 0 Å². The zero-order valence-corrected chi connectivity index (χ0v) is 14.1. The molecule has 0 bridgehead atoms. The van der Waals surface area contributed by atoms with Crippen LogP contribution in [0.2, 0.25) is 0 Å². The fourth-order valence-corrected chi connectivity index (χ4v) is 3.08. The van der Waals surface area contributed by atoms with E-state index < -0.39 is 5.60 Å². The number of aliphatic hydroxyl groups excluding tert-OH is 1. The summed E-state index contributed by atoms with van der Waals surface area (Å²) in [5.74, 6) is 0. The predicted molar refractivity (Wildman–Crippen MR) is 101 cm³/mol. The molecule has 3 rings (SSSR count). The second kappa shape index (κ2) is 8.43. The summed E-state index contributed by atoms with van der Waals surface area (Å²) in [4.78, 5) is 0. The third kappa shape index (κ3) is 3.71. The second-order valence-corrected chi connectivity index (χ2v) is 5.74. The molecule has 25 heavy (non-hydrogen) atoms. The van der Waals surface area contributed by atoms with Crippen molar-refractivity contribution in [2.75, 3.05) is 13.2 Å². The van der Waals surface area contributed by atoms with Crippen LogP contribution in [0.15, 0.2) is 103 Å². The van der Waals surface area contributed by atoms with Crippen molar-refractivity contribution in [3.63, 3.8) is 0 Å². The van der Waals surface area contributed by atoms with Crippen LogP contribution in [0.25, 0.3) is 0 Å². The summed E-state index contributed by atoms with van der Waals surface area (Å²) in [7, 11) is 0. The van der Waals surface area contributed by atoms with E-state index in [0.29, 0.717) is 6.61 Å². The quantitative estimate of drug-likeness (QED) is 0.509. The molecule has 2 nitrogen and oxygen atoms in total. The molecule has 0 atom stereocenters. The zero-order valence-electron chi connectivity index (χ0n) is 14.1. The summed E-state index contributed by atoms with van der Waals surface area (Å²) in [6.07, 6.45) is 3.55. The van der Waals surface area contributed by atoms with Crippen LogP contribution in [0, 0.1) is 0 Å². The first-order chi connectivity index (χ1) is 12.4. The molecule has 126 valence electrons. The Labute approximate surface area is 149 Å². The Hall–Kier alpha value is -2.68. The Morgan fingerprint density at radius 3 is 1.40 bits per heavy atom. The van der Waals surface area contributed by atoms with E-state index in [1.54, 1.807) is 6.08 Å². The van der Waals surface area contributed by atoms with Crippen LogP contribution in [-0.4, -0.2) is 18.3 Å². The average Bonchev–Trinajstić information content (AvgIpc) is 2.70. The molecule has 0 heterocycles. The van der Waals surface area contributed by atoms with Crippen molar-refractivity contribution in [1.29, 1.82) is 0 Å². The Bertz CT molecular complexity index is 683. The van der Waals surface area contributed by atoms with E-state index in [-0.39, 0.29) is 6.61 Å². The molecule has 0 aliphatic rings. The Morgan fingerprint density at radius 2 is 1.04 bits per heavy atom. The summed E-state index contributed by atoms with van der Waals surface area (Å²) in [5, 5.41) is 9.00. The van der Waals surface area contributed by atoms with Gasteiger partial charge in [-0.15, -0.1) is 0 Å². The lowest BCUT2D eigenvalue weighted by Gasteiger charge is -2.35. The van der Waals surface area contributed by atoms with Crippen molar-refractivity contribution in [2.45, 2.75) is 5.60 Å². The number of hydrogen-bond acceptors (Lipinski definition) is 2. The van der Waals surface area contributed by atoms with E-state index in [1.807, 2.05) is 60.7 Å². The van der Waals surface area contributed by atoms with Gasteiger partial charge in [-0.2, -0.15) is 0 Å². The third-order valence-electron chi connectivity index (χ3n) is 4.21. The molecule has 0 spiro atoms. The molecule has 0 aromatic heterocycles. The molecule has 0 aliphatic heterocycles. The number of rotatable bonds is 7. The number of ether oxygens (including phenoxy) is 1. The monoisotopic (exact) mass is 330 g/mol. The van der Waals surface area contributed by atoms with Gasteiger partial charge in [0.25, 0.3) is 0 Å². The lowest BCUT2D eigenvalue weighted by atomic mass is 9.80. The van der Waals surface area contributed by atoms with Crippen molar-refractivity contribution in [1.82, 2.24) is 0 Å². The van der Waals surface area contributed by atoms with Gasteiger partial charge in [0.1, 0.15) is 5.60 Å². The van der Waals surface area contributed by atoms with Crippen LogP contribution >= 0.6 is 0 Å². The lowest BCUT2D eigenvalue weighted by molar-refractivity contribution is 0.0318. The van der Waals surface area contributed by atoms with E-state index in [1.165, 1.54) is 0 Å². The Balaban J connectivity index is 2.18. The molecule has 0 saturated heterocycles. The number of hydrogen-bond donors (Lipinski definition) is 1. The van der Waals surface area contributed by atoms with Gasteiger partial charge in [0, 0.05) is 0 Å². The number of benzene rings is 3. The van der Waals surface area contributed by atoms with E-state index in [9.17, 15) is 0 Å². The highest BCUT2D eigenvalue weighted by molar-refractivity contribution is 5.47. The third-order valence-corrected chi connectivity index (χ3v) is 4.21. The smallest absolute Gasteiger partial charge is 0.144 e. The van der Waals surface area contributed by atoms with Crippen LogP contribution in [-0.2, 0) is 10.3 Å². The van der Waals surface area contributed by atoms with Crippen molar-refractivity contribution in [3.8, 4) is 0 Å². The average molecular weight is 330 g/mol. The first kappa shape index (κ1) is 17.2. The molecule has 0 saturated carbocycles. The summed E-state index contributed by atoms with van der Waals surface area (Å²) in [6, 6.07) is 30.8. The Kier molecular flexibility index (Phi) is 5.78. The molecule has 1 N–H and O–H groups in total.